The summed E-state index contributed by atoms with van der Waals surface area (Å²) >= 11 is 0. The van der Waals surface area contributed by atoms with Crippen LogP contribution >= 0.6 is 0 Å². The van der Waals surface area contributed by atoms with Crippen molar-refractivity contribution in [3.63, 3.8) is 0 Å². The second-order valence-electron chi connectivity index (χ2n) is 9.57. The number of aliphatic hydroxyl groups is 3. The van der Waals surface area contributed by atoms with Crippen molar-refractivity contribution < 1.29 is 55.9 Å². The number of alkyl halides is 3. The third kappa shape index (κ3) is 5.17. The van der Waals surface area contributed by atoms with E-state index in [-0.39, 0.29) is 29.8 Å². The Balaban J connectivity index is 1.45. The number of carbonyl (C=O) groups excluding carboxylic acids is 1. The average molecular weight is 588 g/mol. The third-order valence-electron chi connectivity index (χ3n) is 7.05. The molecular weight excluding hydrogens is 566 g/mol. The molecule has 1 aromatic heterocycles. The highest BCUT2D eigenvalue weighted by Gasteiger charge is 2.62. The van der Waals surface area contributed by atoms with Crippen LogP contribution in [-0.2, 0) is 15.7 Å². The molecule has 4 N–H and O–H groups in total. The fourth-order valence-corrected chi connectivity index (χ4v) is 5.02. The van der Waals surface area contributed by atoms with Crippen molar-refractivity contribution in [2.24, 2.45) is 0 Å². The molecule has 220 valence electrons. The van der Waals surface area contributed by atoms with E-state index in [1.54, 1.807) is 0 Å². The summed E-state index contributed by atoms with van der Waals surface area (Å²) in [5.41, 5.74) is -1.75. The van der Waals surface area contributed by atoms with Gasteiger partial charge in [-0.3, -0.25) is 4.79 Å². The lowest BCUT2D eigenvalue weighted by atomic mass is 9.86. The molecule has 0 unspecified atom stereocenters. The number of nitrogens with zero attached hydrogens (tertiary/aromatic N) is 3. The number of ether oxygens (including phenoxy) is 2. The Morgan fingerprint density at radius 2 is 1.85 bits per heavy atom. The van der Waals surface area contributed by atoms with E-state index in [0.717, 1.165) is 29.1 Å². The number of nitrogens with one attached hydrogen (secondary N) is 1. The summed E-state index contributed by atoms with van der Waals surface area (Å²) in [6.07, 6.45) is -8.47. The van der Waals surface area contributed by atoms with Gasteiger partial charge in [-0.15, -0.1) is 5.10 Å². The Labute approximate surface area is 227 Å². The van der Waals surface area contributed by atoms with Crippen molar-refractivity contribution >= 4 is 5.91 Å². The number of benzene rings is 2. The molecule has 6 atom stereocenters. The molecule has 2 aliphatic heterocycles. The van der Waals surface area contributed by atoms with Gasteiger partial charge in [-0.05, 0) is 36.8 Å². The van der Waals surface area contributed by atoms with Crippen LogP contribution in [0.5, 0.6) is 0 Å². The van der Waals surface area contributed by atoms with Crippen molar-refractivity contribution in [2.75, 3.05) is 13.2 Å². The van der Waals surface area contributed by atoms with Crippen molar-refractivity contribution in [3.05, 3.63) is 71.2 Å². The Morgan fingerprint density at radius 3 is 2.51 bits per heavy atom. The second kappa shape index (κ2) is 10.7. The molecule has 0 radical (unpaired) electrons. The van der Waals surface area contributed by atoms with Gasteiger partial charge in [0.2, 0.25) is 5.79 Å². The quantitative estimate of drug-likeness (QED) is 0.262. The van der Waals surface area contributed by atoms with Gasteiger partial charge in [-0.2, -0.15) is 13.2 Å². The summed E-state index contributed by atoms with van der Waals surface area (Å²) in [6, 6.07) is 2.35. The van der Waals surface area contributed by atoms with Crippen molar-refractivity contribution in [1.29, 1.82) is 0 Å². The van der Waals surface area contributed by atoms with Gasteiger partial charge in [-0.1, -0.05) is 11.3 Å². The molecule has 0 bridgehead atoms. The van der Waals surface area contributed by atoms with Gasteiger partial charge in [0.05, 0.1) is 31.0 Å². The third-order valence-corrected chi connectivity index (χ3v) is 7.05. The van der Waals surface area contributed by atoms with Gasteiger partial charge >= 0.3 is 6.18 Å². The molecule has 5 rings (SSSR count). The summed E-state index contributed by atoms with van der Waals surface area (Å²) in [4.78, 5) is 12.9. The largest absolute Gasteiger partial charge is 0.416 e. The van der Waals surface area contributed by atoms with Crippen molar-refractivity contribution in [1.82, 2.24) is 20.3 Å². The minimum Gasteiger partial charge on any atom is -0.394 e. The average Bonchev–Trinajstić information content (AvgIpc) is 3.57. The molecule has 1 spiro atoms. The number of halogens is 6. The zero-order valence-electron chi connectivity index (χ0n) is 20.7. The maximum absolute atomic E-state index is 13.8. The Kier molecular flexibility index (Phi) is 7.54. The molecule has 3 aromatic rings. The highest BCUT2D eigenvalue weighted by atomic mass is 19.4. The van der Waals surface area contributed by atoms with Crippen LogP contribution in [0.4, 0.5) is 26.3 Å². The first-order valence-electron chi connectivity index (χ1n) is 12.2. The van der Waals surface area contributed by atoms with E-state index in [9.17, 15) is 46.5 Å². The topological polar surface area (TPSA) is 139 Å². The molecule has 0 aliphatic carbocycles. The minimum absolute atomic E-state index is 0.0272. The van der Waals surface area contributed by atoms with Crippen LogP contribution in [0.25, 0.3) is 11.3 Å². The van der Waals surface area contributed by atoms with E-state index in [1.165, 1.54) is 0 Å². The SMILES string of the molecule is O=C(N[C@@H]1CCO[C@]12O[C@H](CO)[C@H](O)[C@H](n1cc(-c3cc(F)c(F)c(F)c3)nn1)[C@H]2O)c1cccc(C(F)(F)F)c1. The van der Waals surface area contributed by atoms with E-state index >= 15 is 0 Å². The molecule has 1 amide bonds. The highest BCUT2D eigenvalue weighted by molar-refractivity contribution is 5.94. The zero-order chi connectivity index (χ0) is 29.7. The van der Waals surface area contributed by atoms with Crippen molar-refractivity contribution in [3.8, 4) is 11.3 Å². The van der Waals surface area contributed by atoms with Crippen LogP contribution < -0.4 is 5.32 Å². The Morgan fingerprint density at radius 1 is 1.15 bits per heavy atom. The van der Waals surface area contributed by atoms with E-state index in [0.29, 0.717) is 18.2 Å². The lowest BCUT2D eigenvalue weighted by Crippen LogP contribution is -2.69. The smallest absolute Gasteiger partial charge is 0.394 e. The summed E-state index contributed by atoms with van der Waals surface area (Å²) in [5.74, 6) is -7.71. The molecule has 41 heavy (non-hydrogen) atoms. The lowest BCUT2D eigenvalue weighted by Gasteiger charge is -2.49. The monoisotopic (exact) mass is 588 g/mol. The first kappa shape index (κ1) is 28.9. The molecule has 0 saturated carbocycles. The number of rotatable bonds is 5. The maximum atomic E-state index is 13.8. The number of amides is 1. The van der Waals surface area contributed by atoms with E-state index in [4.69, 9.17) is 9.47 Å². The molecule has 3 heterocycles. The number of hydrogen-bond acceptors (Lipinski definition) is 8. The molecule has 16 heteroatoms. The van der Waals surface area contributed by atoms with Crippen LogP contribution in [0.1, 0.15) is 28.4 Å². The predicted molar refractivity (Wildman–Crippen MR) is 124 cm³/mol. The van der Waals surface area contributed by atoms with Gasteiger partial charge < -0.3 is 30.1 Å². The summed E-state index contributed by atoms with van der Waals surface area (Å²) in [6.45, 7) is -0.887. The number of aliphatic hydroxyl groups excluding tert-OH is 3. The van der Waals surface area contributed by atoms with Crippen LogP contribution in [0.2, 0.25) is 0 Å². The van der Waals surface area contributed by atoms with E-state index in [2.05, 4.69) is 15.6 Å². The molecule has 2 aromatic carbocycles. The van der Waals surface area contributed by atoms with Gasteiger partial charge in [0.1, 0.15) is 30.0 Å². The molecule has 2 fully saturated rings. The Hall–Kier alpha value is -3.57. The first-order chi connectivity index (χ1) is 19.4. The molecule has 2 aliphatic rings. The summed E-state index contributed by atoms with van der Waals surface area (Å²) in [7, 11) is 0. The predicted octanol–water partition coefficient (Wildman–Crippen LogP) is 1.95. The molecular formula is C25H22F6N4O6. The second-order valence-corrected chi connectivity index (χ2v) is 9.57. The normalized spacial score (nSPS) is 28.3. The van der Waals surface area contributed by atoms with E-state index < -0.39 is 77.9 Å². The van der Waals surface area contributed by atoms with Crippen molar-refractivity contribution in [2.45, 2.75) is 48.8 Å². The van der Waals surface area contributed by atoms with Gasteiger partial charge in [-0.25, -0.2) is 17.9 Å². The summed E-state index contributed by atoms with van der Waals surface area (Å²) < 4.78 is 92.7. The maximum Gasteiger partial charge on any atom is 0.416 e. The Bertz CT molecular complexity index is 1430. The number of hydrogen-bond donors (Lipinski definition) is 4. The fourth-order valence-electron chi connectivity index (χ4n) is 5.02. The van der Waals surface area contributed by atoms with Crippen LogP contribution in [-0.4, -0.2) is 79.6 Å². The molecule has 10 nitrogen and oxygen atoms in total. The van der Waals surface area contributed by atoms with E-state index in [1.807, 2.05) is 0 Å². The minimum atomic E-state index is -4.70. The molecule has 2 saturated heterocycles. The number of carbonyl (C=O) groups is 1. The summed E-state index contributed by atoms with van der Waals surface area (Å²) in [5, 5.41) is 42.3. The van der Waals surface area contributed by atoms with Crippen LogP contribution in [0.15, 0.2) is 42.6 Å². The standard InChI is InChI=1S/C25H22F6N4O6/c26-14-7-12(8-15(27)19(14)28)16-9-35(34-33-16)20-21(37)17(10-36)41-24(22(20)38)18(4-5-40-24)32-23(39)11-2-1-3-13(6-11)25(29,30)31/h1-3,6-9,17-18,20-22,36-38H,4-5,10H2,(H,32,39)/t17-,18-,20+,21+,22-,24+/m1/s1. The highest BCUT2D eigenvalue weighted by Crippen LogP contribution is 2.43. The zero-order valence-corrected chi connectivity index (χ0v) is 20.7. The van der Waals surface area contributed by atoms with Gasteiger partial charge in [0, 0.05) is 11.1 Å². The first-order valence-corrected chi connectivity index (χ1v) is 12.2. The van der Waals surface area contributed by atoms with Gasteiger partial charge in [0.15, 0.2) is 17.5 Å². The van der Waals surface area contributed by atoms with Gasteiger partial charge in [0.25, 0.3) is 5.91 Å². The van der Waals surface area contributed by atoms with Crippen LogP contribution in [0.3, 0.4) is 0 Å². The lowest BCUT2D eigenvalue weighted by molar-refractivity contribution is -0.344. The number of aromatic nitrogens is 3. The fraction of sp³-hybridized carbons (Fsp3) is 0.400. The van der Waals surface area contributed by atoms with Crippen LogP contribution in [0, 0.1) is 17.5 Å².